The maximum atomic E-state index is 12.4. The first-order valence-corrected chi connectivity index (χ1v) is 7.32. The van der Waals surface area contributed by atoms with Crippen LogP contribution in [0.5, 0.6) is 0 Å². The van der Waals surface area contributed by atoms with Crippen LogP contribution < -0.4 is 10.6 Å². The molecule has 0 radical (unpaired) electrons. The van der Waals surface area contributed by atoms with Crippen molar-refractivity contribution in [3.63, 3.8) is 0 Å². The van der Waals surface area contributed by atoms with E-state index >= 15 is 0 Å². The predicted octanol–water partition coefficient (Wildman–Crippen LogP) is 1.94. The number of aliphatic hydroxyl groups excluding tert-OH is 1. The van der Waals surface area contributed by atoms with Crippen LogP contribution in [0.25, 0.3) is 0 Å². The molecule has 0 spiro atoms. The lowest BCUT2D eigenvalue weighted by Gasteiger charge is -2.33. The van der Waals surface area contributed by atoms with Crippen molar-refractivity contribution in [1.29, 1.82) is 0 Å². The van der Waals surface area contributed by atoms with Crippen molar-refractivity contribution in [2.75, 3.05) is 18.5 Å². The molecule has 1 aliphatic heterocycles. The number of rotatable bonds is 5. The highest BCUT2D eigenvalue weighted by Crippen LogP contribution is 2.25. The number of carbonyl (C=O) groups is 1. The molecular weight excluding hydrogens is 252 g/mol. The van der Waals surface area contributed by atoms with E-state index in [1.165, 1.54) is 5.56 Å². The number of carbonyl (C=O) groups excluding carboxylic acids is 1. The summed E-state index contributed by atoms with van der Waals surface area (Å²) in [5.74, 6) is 0.0271. The molecule has 4 nitrogen and oxygen atoms in total. The van der Waals surface area contributed by atoms with Crippen molar-refractivity contribution >= 4 is 11.6 Å². The average Bonchev–Trinajstić information content (AvgIpc) is 2.47. The van der Waals surface area contributed by atoms with Crippen molar-refractivity contribution in [1.82, 2.24) is 5.32 Å². The third kappa shape index (κ3) is 3.31. The number of para-hydroxylation sites is 1. The van der Waals surface area contributed by atoms with Gasteiger partial charge < -0.3 is 15.7 Å². The molecule has 1 aromatic carbocycles. The van der Waals surface area contributed by atoms with Gasteiger partial charge in [0.15, 0.2) is 0 Å². The van der Waals surface area contributed by atoms with Crippen molar-refractivity contribution in [2.45, 2.75) is 38.6 Å². The molecule has 0 aromatic heterocycles. The lowest BCUT2D eigenvalue weighted by atomic mass is 9.90. The van der Waals surface area contributed by atoms with Gasteiger partial charge in [0, 0.05) is 24.4 Å². The van der Waals surface area contributed by atoms with E-state index in [2.05, 4.69) is 16.7 Å². The van der Waals surface area contributed by atoms with Crippen LogP contribution in [0.2, 0.25) is 0 Å². The first-order valence-electron chi connectivity index (χ1n) is 7.32. The number of hydrogen-bond acceptors (Lipinski definition) is 3. The summed E-state index contributed by atoms with van der Waals surface area (Å²) >= 11 is 0. The van der Waals surface area contributed by atoms with Crippen LogP contribution in [0.1, 0.15) is 32.3 Å². The van der Waals surface area contributed by atoms with Crippen LogP contribution in [0, 0.1) is 5.92 Å². The summed E-state index contributed by atoms with van der Waals surface area (Å²) in [5, 5.41) is 15.5. The number of anilines is 1. The molecular formula is C16H24N2O2. The molecule has 0 saturated carbocycles. The lowest BCUT2D eigenvalue weighted by molar-refractivity contribution is -0.126. The third-order valence-electron chi connectivity index (χ3n) is 4.26. The Hall–Kier alpha value is -1.55. The second-order valence-corrected chi connectivity index (χ2v) is 5.82. The van der Waals surface area contributed by atoms with E-state index in [4.69, 9.17) is 5.11 Å². The standard InChI is InChI=1S/C16H24N2O2/c1-3-16(2,8-9-19)18-15(20)13-10-12-6-4-5-7-14(12)17-11-13/h4-7,13,17,19H,3,8-11H2,1-2H3,(H,18,20). The number of fused-ring (bicyclic) bond motifs is 1. The quantitative estimate of drug-likeness (QED) is 0.770. The van der Waals surface area contributed by atoms with Gasteiger partial charge in [-0.15, -0.1) is 0 Å². The molecule has 0 aliphatic carbocycles. The summed E-state index contributed by atoms with van der Waals surface area (Å²) in [4.78, 5) is 12.4. The fourth-order valence-electron chi connectivity index (χ4n) is 2.60. The second-order valence-electron chi connectivity index (χ2n) is 5.82. The largest absolute Gasteiger partial charge is 0.396 e. The molecule has 1 amide bonds. The Bertz CT molecular complexity index is 475. The number of aliphatic hydroxyl groups is 1. The molecule has 0 saturated heterocycles. The zero-order valence-corrected chi connectivity index (χ0v) is 12.3. The Balaban J connectivity index is 2.01. The Morgan fingerprint density at radius 1 is 1.50 bits per heavy atom. The highest BCUT2D eigenvalue weighted by Gasteiger charge is 2.30. The Morgan fingerprint density at radius 2 is 2.25 bits per heavy atom. The van der Waals surface area contributed by atoms with Crippen molar-refractivity contribution in [3.05, 3.63) is 29.8 Å². The van der Waals surface area contributed by atoms with E-state index < -0.39 is 0 Å². The van der Waals surface area contributed by atoms with Gasteiger partial charge in [-0.2, -0.15) is 0 Å². The SMILES string of the molecule is CCC(C)(CCO)NC(=O)C1CNc2ccccc2C1. The summed E-state index contributed by atoms with van der Waals surface area (Å²) in [6.07, 6.45) is 2.18. The van der Waals surface area contributed by atoms with Crippen LogP contribution in [0.3, 0.4) is 0 Å². The molecule has 2 atom stereocenters. The van der Waals surface area contributed by atoms with E-state index in [1.54, 1.807) is 0 Å². The molecule has 1 aliphatic rings. The van der Waals surface area contributed by atoms with Gasteiger partial charge in [-0.05, 0) is 37.8 Å². The molecule has 0 bridgehead atoms. The van der Waals surface area contributed by atoms with Crippen LogP contribution in [-0.2, 0) is 11.2 Å². The van der Waals surface area contributed by atoms with Gasteiger partial charge in [0.2, 0.25) is 5.91 Å². The fourth-order valence-corrected chi connectivity index (χ4v) is 2.60. The highest BCUT2D eigenvalue weighted by molar-refractivity contribution is 5.81. The molecule has 2 unspecified atom stereocenters. The van der Waals surface area contributed by atoms with Gasteiger partial charge in [0.05, 0.1) is 5.92 Å². The second kappa shape index (κ2) is 6.27. The highest BCUT2D eigenvalue weighted by atomic mass is 16.3. The fraction of sp³-hybridized carbons (Fsp3) is 0.562. The van der Waals surface area contributed by atoms with E-state index in [0.29, 0.717) is 13.0 Å². The van der Waals surface area contributed by atoms with Crippen LogP contribution in [0.15, 0.2) is 24.3 Å². The minimum absolute atomic E-state index is 0.0468. The summed E-state index contributed by atoms with van der Waals surface area (Å²) in [6, 6.07) is 8.12. The maximum absolute atomic E-state index is 12.4. The topological polar surface area (TPSA) is 61.4 Å². The van der Waals surface area contributed by atoms with Gasteiger partial charge in [-0.25, -0.2) is 0 Å². The van der Waals surface area contributed by atoms with Crippen LogP contribution in [0.4, 0.5) is 5.69 Å². The zero-order valence-electron chi connectivity index (χ0n) is 12.3. The normalized spacial score (nSPS) is 20.4. The number of nitrogens with one attached hydrogen (secondary N) is 2. The third-order valence-corrected chi connectivity index (χ3v) is 4.26. The van der Waals surface area contributed by atoms with Crippen LogP contribution >= 0.6 is 0 Å². The molecule has 4 heteroatoms. The van der Waals surface area contributed by atoms with E-state index in [1.807, 2.05) is 32.0 Å². The number of hydrogen-bond donors (Lipinski definition) is 3. The van der Waals surface area contributed by atoms with Gasteiger partial charge in [0.1, 0.15) is 0 Å². The van der Waals surface area contributed by atoms with E-state index in [0.717, 1.165) is 18.5 Å². The molecule has 20 heavy (non-hydrogen) atoms. The molecule has 0 fully saturated rings. The van der Waals surface area contributed by atoms with Gasteiger partial charge >= 0.3 is 0 Å². The summed E-state index contributed by atoms with van der Waals surface area (Å²) in [5.41, 5.74) is 2.01. The average molecular weight is 276 g/mol. The van der Waals surface area contributed by atoms with Gasteiger partial charge in [-0.3, -0.25) is 4.79 Å². The molecule has 3 N–H and O–H groups in total. The number of benzene rings is 1. The first-order chi connectivity index (χ1) is 9.58. The van der Waals surface area contributed by atoms with Crippen LogP contribution in [-0.4, -0.2) is 29.7 Å². The summed E-state index contributed by atoms with van der Waals surface area (Å²) < 4.78 is 0. The van der Waals surface area contributed by atoms with E-state index in [9.17, 15) is 4.79 Å². The Kier molecular flexibility index (Phi) is 4.65. The smallest absolute Gasteiger partial charge is 0.225 e. The Labute approximate surface area is 120 Å². The summed E-state index contributed by atoms with van der Waals surface area (Å²) in [7, 11) is 0. The van der Waals surface area contributed by atoms with Gasteiger partial charge in [0.25, 0.3) is 0 Å². The monoisotopic (exact) mass is 276 g/mol. The Morgan fingerprint density at radius 3 is 2.95 bits per heavy atom. The van der Waals surface area contributed by atoms with Gasteiger partial charge in [-0.1, -0.05) is 25.1 Å². The molecule has 1 aromatic rings. The van der Waals surface area contributed by atoms with Crippen molar-refractivity contribution in [3.8, 4) is 0 Å². The van der Waals surface area contributed by atoms with E-state index in [-0.39, 0.29) is 24.0 Å². The maximum Gasteiger partial charge on any atom is 0.225 e. The minimum atomic E-state index is -0.317. The lowest BCUT2D eigenvalue weighted by Crippen LogP contribution is -2.50. The molecule has 1 heterocycles. The van der Waals surface area contributed by atoms with Crippen molar-refractivity contribution in [2.24, 2.45) is 5.92 Å². The molecule has 2 rings (SSSR count). The predicted molar refractivity (Wildman–Crippen MR) is 80.7 cm³/mol. The van der Waals surface area contributed by atoms with Crippen molar-refractivity contribution < 1.29 is 9.90 Å². The minimum Gasteiger partial charge on any atom is -0.396 e. The molecule has 110 valence electrons. The summed E-state index contributed by atoms with van der Waals surface area (Å²) in [6.45, 7) is 4.79. The first kappa shape index (κ1) is 14.9. The number of amides is 1. The zero-order chi connectivity index (χ0) is 14.6.